The first-order valence-electron chi connectivity index (χ1n) is 6.48. The molecule has 7 heteroatoms. The minimum absolute atomic E-state index is 0.0792. The van der Waals surface area contributed by atoms with Crippen molar-refractivity contribution in [1.29, 1.82) is 0 Å². The van der Waals surface area contributed by atoms with Gasteiger partial charge in [-0.1, -0.05) is 23.7 Å². The third kappa shape index (κ3) is 3.95. The number of hydrogen-bond acceptors (Lipinski definition) is 5. The Hall–Kier alpha value is -2.60. The fourth-order valence-corrected chi connectivity index (χ4v) is 1.96. The summed E-state index contributed by atoms with van der Waals surface area (Å²) < 4.78 is 0. The van der Waals surface area contributed by atoms with Crippen LogP contribution in [0.25, 0.3) is 0 Å². The van der Waals surface area contributed by atoms with Crippen LogP contribution in [0.4, 0.5) is 17.1 Å². The third-order valence-corrected chi connectivity index (χ3v) is 3.20. The summed E-state index contributed by atoms with van der Waals surface area (Å²) in [5.74, 6) is 0. The molecule has 2 rings (SSSR count). The minimum Gasteiger partial charge on any atom is -0.378 e. The fourth-order valence-electron chi connectivity index (χ4n) is 1.79. The number of hydrogen-bond donors (Lipinski definition) is 1. The highest BCUT2D eigenvalue weighted by Gasteiger charge is 2.13. The Labute approximate surface area is 133 Å². The van der Waals surface area contributed by atoms with Crippen LogP contribution in [0.15, 0.2) is 47.6 Å². The third-order valence-electron chi connectivity index (χ3n) is 2.96. The lowest BCUT2D eigenvalue weighted by atomic mass is 10.2. The summed E-state index contributed by atoms with van der Waals surface area (Å²) in [4.78, 5) is 12.4. The highest BCUT2D eigenvalue weighted by Crippen LogP contribution is 2.27. The van der Waals surface area contributed by atoms with E-state index < -0.39 is 4.92 Å². The number of nitrogens with zero attached hydrogens (tertiary/aromatic N) is 3. The molecule has 0 amide bonds. The van der Waals surface area contributed by atoms with Crippen LogP contribution in [0.5, 0.6) is 0 Å². The molecule has 0 aliphatic carbocycles. The molecule has 0 heterocycles. The quantitative estimate of drug-likeness (QED) is 0.517. The van der Waals surface area contributed by atoms with E-state index in [2.05, 4.69) is 10.5 Å². The Morgan fingerprint density at radius 1 is 1.23 bits per heavy atom. The van der Waals surface area contributed by atoms with Crippen molar-refractivity contribution in [3.63, 3.8) is 0 Å². The topological polar surface area (TPSA) is 70.8 Å². The first-order chi connectivity index (χ1) is 10.5. The van der Waals surface area contributed by atoms with E-state index in [-0.39, 0.29) is 11.4 Å². The van der Waals surface area contributed by atoms with Crippen molar-refractivity contribution in [2.75, 3.05) is 24.4 Å². The van der Waals surface area contributed by atoms with Crippen molar-refractivity contribution in [3.8, 4) is 0 Å². The molecule has 6 nitrogen and oxygen atoms in total. The number of benzene rings is 2. The first-order valence-corrected chi connectivity index (χ1v) is 6.85. The van der Waals surface area contributed by atoms with E-state index in [1.165, 1.54) is 18.2 Å². The molecule has 2 aromatic carbocycles. The summed E-state index contributed by atoms with van der Waals surface area (Å²) in [7, 11) is 3.92. The average molecular weight is 319 g/mol. The maximum absolute atomic E-state index is 10.9. The summed E-state index contributed by atoms with van der Waals surface area (Å²) in [6.07, 6.45) is 1.59. The molecule has 0 aromatic heterocycles. The molecule has 2 aromatic rings. The van der Waals surface area contributed by atoms with Gasteiger partial charge in [-0.3, -0.25) is 15.5 Å². The molecular formula is C15H15ClN4O2. The zero-order chi connectivity index (χ0) is 16.1. The normalized spacial score (nSPS) is 10.7. The lowest BCUT2D eigenvalue weighted by Crippen LogP contribution is -2.08. The van der Waals surface area contributed by atoms with Crippen LogP contribution in [0.2, 0.25) is 5.02 Å². The van der Waals surface area contributed by atoms with E-state index in [1.807, 2.05) is 43.3 Å². The monoisotopic (exact) mass is 318 g/mol. The van der Waals surface area contributed by atoms with E-state index in [1.54, 1.807) is 6.21 Å². The molecule has 0 atom stereocenters. The van der Waals surface area contributed by atoms with Crippen molar-refractivity contribution < 1.29 is 4.92 Å². The second-order valence-electron chi connectivity index (χ2n) is 4.77. The number of anilines is 2. The van der Waals surface area contributed by atoms with Crippen LogP contribution in [-0.2, 0) is 0 Å². The molecule has 114 valence electrons. The number of halogens is 1. The van der Waals surface area contributed by atoms with Crippen LogP contribution in [0.1, 0.15) is 5.56 Å². The van der Waals surface area contributed by atoms with Crippen LogP contribution >= 0.6 is 11.6 Å². The fraction of sp³-hybridized carbons (Fsp3) is 0.133. The Kier molecular flexibility index (Phi) is 4.95. The molecule has 0 bridgehead atoms. The van der Waals surface area contributed by atoms with Gasteiger partial charge in [0.05, 0.1) is 11.1 Å². The summed E-state index contributed by atoms with van der Waals surface area (Å²) in [6.45, 7) is 0. The molecule has 0 unspecified atom stereocenters. The number of rotatable bonds is 5. The molecule has 0 fully saturated rings. The molecule has 22 heavy (non-hydrogen) atoms. The van der Waals surface area contributed by atoms with Gasteiger partial charge in [0.2, 0.25) is 0 Å². The summed E-state index contributed by atoms with van der Waals surface area (Å²) >= 11 is 5.85. The zero-order valence-corrected chi connectivity index (χ0v) is 12.9. The predicted octanol–water partition coefficient (Wildman–Crippen LogP) is 3.76. The van der Waals surface area contributed by atoms with Gasteiger partial charge < -0.3 is 4.90 Å². The van der Waals surface area contributed by atoms with Gasteiger partial charge in [-0.15, -0.1) is 0 Å². The highest BCUT2D eigenvalue weighted by atomic mass is 35.5. The first kappa shape index (κ1) is 15.8. The largest absolute Gasteiger partial charge is 0.378 e. The SMILES string of the molecule is CN(C)c1ccc(/C=N\Nc2cc(Cl)ccc2[N+](=O)[O-])cc1. The Morgan fingerprint density at radius 3 is 2.50 bits per heavy atom. The Bertz CT molecular complexity index is 699. The summed E-state index contributed by atoms with van der Waals surface area (Å²) in [5.41, 5.74) is 4.78. The molecule has 0 spiro atoms. The van der Waals surface area contributed by atoms with Gasteiger partial charge in [-0.05, 0) is 29.8 Å². The minimum atomic E-state index is -0.486. The van der Waals surface area contributed by atoms with Gasteiger partial charge in [0.15, 0.2) is 0 Å². The number of hydrazone groups is 1. The van der Waals surface area contributed by atoms with Gasteiger partial charge in [0.25, 0.3) is 5.69 Å². The second kappa shape index (κ2) is 6.91. The molecule has 0 aliphatic heterocycles. The average Bonchev–Trinajstić information content (AvgIpc) is 2.47. The van der Waals surface area contributed by atoms with E-state index in [0.717, 1.165) is 11.3 Å². The molecule has 0 saturated carbocycles. The van der Waals surface area contributed by atoms with Crippen LogP contribution in [0, 0.1) is 10.1 Å². The van der Waals surface area contributed by atoms with Crippen LogP contribution in [-0.4, -0.2) is 25.2 Å². The van der Waals surface area contributed by atoms with Crippen LogP contribution < -0.4 is 10.3 Å². The summed E-state index contributed by atoms with van der Waals surface area (Å²) in [6, 6.07) is 12.0. The molecule has 0 saturated heterocycles. The van der Waals surface area contributed by atoms with Gasteiger partial charge >= 0.3 is 0 Å². The van der Waals surface area contributed by atoms with E-state index in [9.17, 15) is 10.1 Å². The number of nitro groups is 1. The summed E-state index contributed by atoms with van der Waals surface area (Å²) in [5, 5.41) is 15.4. The van der Waals surface area contributed by atoms with E-state index >= 15 is 0 Å². The maximum atomic E-state index is 10.9. The van der Waals surface area contributed by atoms with Crippen molar-refractivity contribution in [1.82, 2.24) is 0 Å². The van der Waals surface area contributed by atoms with Crippen molar-refractivity contribution in [3.05, 3.63) is 63.2 Å². The molecule has 0 aliphatic rings. The smallest absolute Gasteiger partial charge is 0.294 e. The number of nitrogens with one attached hydrogen (secondary N) is 1. The van der Waals surface area contributed by atoms with E-state index in [4.69, 9.17) is 11.6 Å². The maximum Gasteiger partial charge on any atom is 0.294 e. The van der Waals surface area contributed by atoms with Gasteiger partial charge in [0.1, 0.15) is 5.69 Å². The zero-order valence-electron chi connectivity index (χ0n) is 12.2. The lowest BCUT2D eigenvalue weighted by Gasteiger charge is -2.11. The van der Waals surface area contributed by atoms with Crippen molar-refractivity contribution in [2.45, 2.75) is 0 Å². The predicted molar refractivity (Wildman–Crippen MR) is 90.1 cm³/mol. The molecule has 1 N–H and O–H groups in total. The standard InChI is InChI=1S/C15H15ClN4O2/c1-19(2)13-6-3-11(4-7-13)10-17-18-14-9-12(16)5-8-15(14)20(21)22/h3-10,18H,1-2H3/b17-10-. The van der Waals surface area contributed by atoms with Gasteiger partial charge in [-0.25, -0.2) is 0 Å². The molecular weight excluding hydrogens is 304 g/mol. The second-order valence-corrected chi connectivity index (χ2v) is 5.21. The number of nitro benzene ring substituents is 1. The van der Waals surface area contributed by atoms with Crippen molar-refractivity contribution >= 4 is 34.9 Å². The van der Waals surface area contributed by atoms with E-state index in [0.29, 0.717) is 5.02 Å². The lowest BCUT2D eigenvalue weighted by molar-refractivity contribution is -0.384. The Balaban J connectivity index is 2.12. The van der Waals surface area contributed by atoms with Gasteiger partial charge in [0, 0.05) is 30.9 Å². The van der Waals surface area contributed by atoms with Gasteiger partial charge in [-0.2, -0.15) is 5.10 Å². The molecule has 0 radical (unpaired) electrons. The van der Waals surface area contributed by atoms with Crippen molar-refractivity contribution in [2.24, 2.45) is 5.10 Å². The Morgan fingerprint density at radius 2 is 1.91 bits per heavy atom. The highest BCUT2D eigenvalue weighted by molar-refractivity contribution is 6.31. The van der Waals surface area contributed by atoms with Crippen LogP contribution in [0.3, 0.4) is 0 Å².